The van der Waals surface area contributed by atoms with Gasteiger partial charge in [0.05, 0.1) is 15.6 Å². The molecule has 2 amide bonds. The van der Waals surface area contributed by atoms with E-state index in [-0.39, 0.29) is 21.4 Å². The Morgan fingerprint density at radius 2 is 1.79 bits per heavy atom. The van der Waals surface area contributed by atoms with Crippen molar-refractivity contribution < 1.29 is 18.0 Å². The highest BCUT2D eigenvalue weighted by Crippen LogP contribution is 2.26. The zero-order valence-corrected chi connectivity index (χ0v) is 16.8. The van der Waals surface area contributed by atoms with E-state index in [0.29, 0.717) is 11.4 Å². The van der Waals surface area contributed by atoms with E-state index in [4.69, 9.17) is 11.6 Å². The molecule has 8 heteroatoms. The predicted molar refractivity (Wildman–Crippen MR) is 112 cm³/mol. The van der Waals surface area contributed by atoms with E-state index >= 15 is 0 Å². The molecule has 0 saturated heterocycles. The molecule has 146 valence electrons. The van der Waals surface area contributed by atoms with Crippen molar-refractivity contribution in [2.45, 2.75) is 11.8 Å². The van der Waals surface area contributed by atoms with Crippen LogP contribution >= 0.6 is 11.6 Å². The fourth-order valence-corrected chi connectivity index (χ4v) is 3.09. The van der Waals surface area contributed by atoms with Crippen LogP contribution in [0.5, 0.6) is 0 Å². The van der Waals surface area contributed by atoms with E-state index in [1.54, 1.807) is 30.4 Å². The molecule has 0 saturated carbocycles. The average molecular weight is 419 g/mol. The van der Waals surface area contributed by atoms with Gasteiger partial charge in [-0.15, -0.1) is 0 Å². The van der Waals surface area contributed by atoms with Gasteiger partial charge in [0.1, 0.15) is 0 Å². The lowest BCUT2D eigenvalue weighted by Gasteiger charge is -2.10. The van der Waals surface area contributed by atoms with Crippen LogP contribution in [0.25, 0.3) is 0 Å². The Morgan fingerprint density at radius 3 is 2.43 bits per heavy atom. The second kappa shape index (κ2) is 9.34. The van der Waals surface area contributed by atoms with Gasteiger partial charge in [0.2, 0.25) is 5.91 Å². The molecule has 0 aliphatic heterocycles. The molecule has 0 aliphatic carbocycles. The molecule has 0 unspecified atom stereocenters. The Hall–Kier alpha value is -2.90. The van der Waals surface area contributed by atoms with Crippen LogP contribution < -0.4 is 10.6 Å². The quantitative estimate of drug-likeness (QED) is 0.546. The van der Waals surface area contributed by atoms with E-state index < -0.39 is 15.7 Å². The van der Waals surface area contributed by atoms with E-state index in [0.717, 1.165) is 6.26 Å². The fraction of sp³-hybridized carbons (Fsp3) is 0.100. The molecule has 28 heavy (non-hydrogen) atoms. The summed E-state index contributed by atoms with van der Waals surface area (Å²) in [7, 11) is -3.42. The highest BCUT2D eigenvalue weighted by molar-refractivity contribution is 7.90. The largest absolute Gasteiger partial charge is 0.322 e. The highest BCUT2D eigenvalue weighted by Gasteiger charge is 2.13. The molecule has 0 aromatic heterocycles. The standard InChI is InChI=1S/C20H19ClN2O4S/c1-3-4-5-9-19(24)22-15-10-11-18(17(21)13-15)23-20(25)14-7-6-8-16(12-14)28(2,26)27/h3-13H,1-2H3,(H,22,24)(H,23,25). The summed E-state index contributed by atoms with van der Waals surface area (Å²) in [5.74, 6) is -0.818. The van der Waals surface area contributed by atoms with Gasteiger partial charge in [0.15, 0.2) is 9.84 Å². The molecule has 0 heterocycles. The number of halogens is 1. The molecule has 2 aromatic rings. The number of amides is 2. The van der Waals surface area contributed by atoms with Crippen molar-refractivity contribution in [3.05, 3.63) is 77.4 Å². The maximum atomic E-state index is 12.4. The van der Waals surface area contributed by atoms with Crippen LogP contribution in [0.2, 0.25) is 5.02 Å². The Kier molecular flexibility index (Phi) is 7.14. The predicted octanol–water partition coefficient (Wildman–Crippen LogP) is 4.07. The Balaban J connectivity index is 2.13. The van der Waals surface area contributed by atoms with Crippen LogP contribution in [0.3, 0.4) is 0 Å². The van der Waals surface area contributed by atoms with Crippen LogP contribution in [0.4, 0.5) is 11.4 Å². The molecule has 0 radical (unpaired) electrons. The molecule has 2 N–H and O–H groups in total. The van der Waals surface area contributed by atoms with Gasteiger partial charge in [-0.25, -0.2) is 8.42 Å². The first-order chi connectivity index (χ1) is 13.2. The maximum Gasteiger partial charge on any atom is 0.255 e. The van der Waals surface area contributed by atoms with Crippen molar-refractivity contribution in [1.82, 2.24) is 0 Å². The van der Waals surface area contributed by atoms with Crippen LogP contribution in [0.15, 0.2) is 71.7 Å². The molecule has 0 aliphatic rings. The number of carbonyl (C=O) groups excluding carboxylic acids is 2. The van der Waals surface area contributed by atoms with Gasteiger partial charge in [0, 0.05) is 23.6 Å². The van der Waals surface area contributed by atoms with Gasteiger partial charge in [-0.1, -0.05) is 35.9 Å². The number of benzene rings is 2. The molecule has 0 bridgehead atoms. The fourth-order valence-electron chi connectivity index (χ4n) is 2.19. The second-order valence-electron chi connectivity index (χ2n) is 5.82. The summed E-state index contributed by atoms with van der Waals surface area (Å²) in [6, 6.07) is 10.4. The maximum absolute atomic E-state index is 12.4. The van der Waals surface area contributed by atoms with Gasteiger partial charge < -0.3 is 10.6 Å². The monoisotopic (exact) mass is 418 g/mol. The number of nitrogens with one attached hydrogen (secondary N) is 2. The van der Waals surface area contributed by atoms with Crippen molar-refractivity contribution in [2.24, 2.45) is 0 Å². The minimum absolute atomic E-state index is 0.0512. The number of rotatable bonds is 6. The average Bonchev–Trinajstić information content (AvgIpc) is 2.63. The third-order valence-electron chi connectivity index (χ3n) is 3.56. The lowest BCUT2D eigenvalue weighted by Crippen LogP contribution is -2.13. The molecular weight excluding hydrogens is 400 g/mol. The summed E-state index contributed by atoms with van der Waals surface area (Å²) in [5, 5.41) is 5.51. The summed E-state index contributed by atoms with van der Waals surface area (Å²) in [5.41, 5.74) is 0.988. The normalized spacial score (nSPS) is 11.7. The number of carbonyl (C=O) groups is 2. The first-order valence-corrected chi connectivity index (χ1v) is 10.5. The molecule has 0 atom stereocenters. The number of sulfone groups is 1. The van der Waals surface area contributed by atoms with Crippen molar-refractivity contribution in [2.75, 3.05) is 16.9 Å². The van der Waals surface area contributed by atoms with Crippen molar-refractivity contribution in [1.29, 1.82) is 0 Å². The number of hydrogen-bond acceptors (Lipinski definition) is 4. The van der Waals surface area contributed by atoms with Crippen LogP contribution in [-0.2, 0) is 14.6 Å². The number of allylic oxidation sites excluding steroid dienone is 3. The Labute approximate surface area is 168 Å². The van der Waals surface area contributed by atoms with Gasteiger partial charge in [-0.2, -0.15) is 0 Å². The first kappa shape index (κ1) is 21.4. The minimum atomic E-state index is -3.42. The van der Waals surface area contributed by atoms with E-state index in [2.05, 4.69) is 10.6 Å². The lowest BCUT2D eigenvalue weighted by atomic mass is 10.2. The highest BCUT2D eigenvalue weighted by atomic mass is 35.5. The van der Waals surface area contributed by atoms with Crippen molar-refractivity contribution in [3.8, 4) is 0 Å². The molecular formula is C20H19ClN2O4S. The summed E-state index contributed by atoms with van der Waals surface area (Å²) in [6.45, 7) is 1.84. The summed E-state index contributed by atoms with van der Waals surface area (Å²) < 4.78 is 23.3. The number of hydrogen-bond donors (Lipinski definition) is 2. The molecule has 2 aromatic carbocycles. The molecule has 0 spiro atoms. The van der Waals surface area contributed by atoms with Crippen LogP contribution in [-0.4, -0.2) is 26.5 Å². The molecule has 6 nitrogen and oxygen atoms in total. The Bertz CT molecular complexity index is 1060. The topological polar surface area (TPSA) is 92.3 Å². The smallest absolute Gasteiger partial charge is 0.255 e. The zero-order valence-electron chi connectivity index (χ0n) is 15.3. The SMILES string of the molecule is CC=CC=CC(=O)Nc1ccc(NC(=O)c2cccc(S(C)(=O)=O)c2)c(Cl)c1. The zero-order chi connectivity index (χ0) is 20.7. The summed E-state index contributed by atoms with van der Waals surface area (Å²) in [4.78, 5) is 24.2. The summed E-state index contributed by atoms with van der Waals surface area (Å²) in [6.07, 6.45) is 7.57. The van der Waals surface area contributed by atoms with E-state index in [9.17, 15) is 18.0 Å². The Morgan fingerprint density at radius 1 is 1.04 bits per heavy atom. The molecule has 0 fully saturated rings. The van der Waals surface area contributed by atoms with Gasteiger partial charge >= 0.3 is 0 Å². The van der Waals surface area contributed by atoms with E-state index in [1.807, 2.05) is 6.92 Å². The van der Waals surface area contributed by atoms with Crippen molar-refractivity contribution in [3.63, 3.8) is 0 Å². The van der Waals surface area contributed by atoms with Crippen molar-refractivity contribution >= 4 is 44.6 Å². The first-order valence-electron chi connectivity index (χ1n) is 8.22. The van der Waals surface area contributed by atoms with Gasteiger partial charge in [0.25, 0.3) is 5.91 Å². The third-order valence-corrected chi connectivity index (χ3v) is 4.98. The van der Waals surface area contributed by atoms with Gasteiger partial charge in [-0.3, -0.25) is 9.59 Å². The van der Waals surface area contributed by atoms with Gasteiger partial charge in [-0.05, 0) is 43.3 Å². The van der Waals surface area contributed by atoms with Crippen LogP contribution in [0, 0.1) is 0 Å². The summed E-state index contributed by atoms with van der Waals surface area (Å²) >= 11 is 6.18. The second-order valence-corrected chi connectivity index (χ2v) is 8.25. The number of anilines is 2. The third kappa shape index (κ3) is 6.07. The molecule has 2 rings (SSSR count). The van der Waals surface area contributed by atoms with Crippen LogP contribution in [0.1, 0.15) is 17.3 Å². The minimum Gasteiger partial charge on any atom is -0.322 e. The van der Waals surface area contributed by atoms with E-state index in [1.165, 1.54) is 36.4 Å². The lowest BCUT2D eigenvalue weighted by molar-refractivity contribution is -0.111.